The molecule has 3 unspecified atom stereocenters. The summed E-state index contributed by atoms with van der Waals surface area (Å²) in [4.78, 5) is 12.0. The number of esters is 1. The van der Waals surface area contributed by atoms with Crippen molar-refractivity contribution in [1.82, 2.24) is 0 Å². The van der Waals surface area contributed by atoms with Gasteiger partial charge in [0.2, 0.25) is 0 Å². The maximum atomic E-state index is 13.3. The van der Waals surface area contributed by atoms with Crippen molar-refractivity contribution in [2.75, 3.05) is 6.54 Å². The van der Waals surface area contributed by atoms with Crippen LogP contribution in [0.4, 0.5) is 52.7 Å². The van der Waals surface area contributed by atoms with E-state index in [1.165, 1.54) is 0 Å². The van der Waals surface area contributed by atoms with Crippen LogP contribution in [0.5, 0.6) is 0 Å². The predicted molar refractivity (Wildman–Crippen MR) is 86.5 cm³/mol. The molecule has 18 heteroatoms. The number of ether oxygens (including phenoxy) is 1. The molecular weight excluding hydrogens is 512 g/mol. The summed E-state index contributed by atoms with van der Waals surface area (Å²) in [5.41, 5.74) is -3.27. The molecule has 3 atom stereocenters. The smallest absolute Gasteiger partial charge is 0.426 e. The summed E-state index contributed by atoms with van der Waals surface area (Å²) in [5.74, 6) is -8.55. The first-order chi connectivity index (χ1) is 14.8. The van der Waals surface area contributed by atoms with Crippen LogP contribution >= 0.6 is 0 Å². The van der Waals surface area contributed by atoms with E-state index in [-0.39, 0.29) is 0 Å². The van der Waals surface area contributed by atoms with E-state index in [4.69, 9.17) is 11.5 Å². The predicted octanol–water partition coefficient (Wildman–Crippen LogP) is 2.70. The fourth-order valence-electron chi connectivity index (χ4n) is 3.66. The van der Waals surface area contributed by atoms with Crippen LogP contribution < -0.4 is 11.5 Å². The third-order valence-corrected chi connectivity index (χ3v) is 5.74. The van der Waals surface area contributed by atoms with Crippen LogP contribution in [0.3, 0.4) is 0 Å². The molecule has 0 heterocycles. The molecule has 0 spiro atoms. The van der Waals surface area contributed by atoms with Crippen molar-refractivity contribution in [1.29, 1.82) is 0 Å². The molecule has 6 nitrogen and oxygen atoms in total. The van der Waals surface area contributed by atoms with Gasteiger partial charge in [-0.1, -0.05) is 0 Å². The van der Waals surface area contributed by atoms with Crippen molar-refractivity contribution < 1.29 is 72.4 Å². The van der Waals surface area contributed by atoms with Gasteiger partial charge < -0.3 is 26.4 Å². The number of rotatable bonds is 5. The molecule has 1 aliphatic rings. The minimum absolute atomic E-state index is 0.741. The molecule has 0 bridgehead atoms. The number of alkyl halides is 12. The Hall–Kier alpha value is -1.53. The highest BCUT2D eigenvalue weighted by Crippen LogP contribution is 2.57. The minimum Gasteiger partial charge on any atom is -0.461 e. The van der Waals surface area contributed by atoms with Gasteiger partial charge in [-0.15, -0.1) is 0 Å². The second-order valence-electron chi connectivity index (χ2n) is 8.27. The molecule has 34 heavy (non-hydrogen) atoms. The van der Waals surface area contributed by atoms with E-state index in [1.807, 2.05) is 0 Å². The molecule has 202 valence electrons. The monoisotopic (exact) mass is 532 g/mol. The van der Waals surface area contributed by atoms with Crippen LogP contribution in [0.15, 0.2) is 0 Å². The van der Waals surface area contributed by atoms with Crippen molar-refractivity contribution in [3.8, 4) is 0 Å². The molecule has 0 aromatic carbocycles. The zero-order chi connectivity index (χ0) is 27.3. The topological polar surface area (TPSA) is 119 Å². The average Bonchev–Trinajstić information content (AvgIpc) is 2.62. The molecule has 1 saturated carbocycles. The Labute approximate surface area is 183 Å². The van der Waals surface area contributed by atoms with Gasteiger partial charge >= 0.3 is 30.7 Å². The summed E-state index contributed by atoms with van der Waals surface area (Å²) in [6.45, 7) is 0.117. The second kappa shape index (κ2) is 8.85. The van der Waals surface area contributed by atoms with E-state index >= 15 is 0 Å². The quantitative estimate of drug-likeness (QED) is 0.320. The first-order valence-corrected chi connectivity index (χ1v) is 9.19. The van der Waals surface area contributed by atoms with E-state index in [2.05, 4.69) is 4.74 Å². The Morgan fingerprint density at radius 3 is 1.29 bits per heavy atom. The molecule has 0 radical (unpaired) electrons. The van der Waals surface area contributed by atoms with Gasteiger partial charge in [0.25, 0.3) is 11.2 Å². The van der Waals surface area contributed by atoms with Crippen molar-refractivity contribution in [2.24, 2.45) is 23.3 Å². The molecule has 0 aromatic rings. The number of carbonyl (C=O) groups excluding carboxylic acids is 1. The molecule has 0 saturated heterocycles. The van der Waals surface area contributed by atoms with Crippen LogP contribution in [-0.4, -0.2) is 70.3 Å². The van der Waals surface area contributed by atoms with Crippen LogP contribution in [-0.2, 0) is 9.53 Å². The van der Waals surface area contributed by atoms with Crippen LogP contribution in [0, 0.1) is 11.8 Å². The largest absolute Gasteiger partial charge is 0.461 e. The maximum Gasteiger partial charge on any atom is 0.426 e. The molecule has 1 fully saturated rings. The molecule has 6 N–H and O–H groups in total. The van der Waals surface area contributed by atoms with Crippen LogP contribution in [0.2, 0.25) is 0 Å². The summed E-state index contributed by atoms with van der Waals surface area (Å²) in [7, 11) is 0. The van der Waals surface area contributed by atoms with Gasteiger partial charge in [0, 0.05) is 18.4 Å². The van der Waals surface area contributed by atoms with Gasteiger partial charge in [0.05, 0.1) is 0 Å². The normalized spacial score (nSPS) is 25.6. The number of hydrogen-bond acceptors (Lipinski definition) is 6. The van der Waals surface area contributed by atoms with Crippen molar-refractivity contribution in [2.45, 2.75) is 73.7 Å². The fraction of sp³-hybridized carbons (Fsp3) is 0.938. The van der Waals surface area contributed by atoms with E-state index < -0.39 is 91.2 Å². The zero-order valence-electron chi connectivity index (χ0n) is 17.0. The second-order valence-corrected chi connectivity index (χ2v) is 8.27. The van der Waals surface area contributed by atoms with E-state index in [0.717, 1.165) is 6.92 Å². The Bertz CT molecular complexity index is 670. The fourth-order valence-corrected chi connectivity index (χ4v) is 3.66. The molecular formula is C16H20F12N2O4. The summed E-state index contributed by atoms with van der Waals surface area (Å²) in [6, 6.07) is 0. The number of halogens is 12. The Morgan fingerprint density at radius 1 is 0.765 bits per heavy atom. The summed E-state index contributed by atoms with van der Waals surface area (Å²) >= 11 is 0. The van der Waals surface area contributed by atoms with Gasteiger partial charge in [-0.2, -0.15) is 52.7 Å². The van der Waals surface area contributed by atoms with Crippen molar-refractivity contribution in [3.05, 3.63) is 0 Å². The summed E-state index contributed by atoms with van der Waals surface area (Å²) in [5, 5.41) is 19.2. The van der Waals surface area contributed by atoms with Gasteiger partial charge in [-0.25, -0.2) is 0 Å². The Morgan fingerprint density at radius 2 is 1.06 bits per heavy atom. The van der Waals surface area contributed by atoms with Gasteiger partial charge in [-0.3, -0.25) is 4.79 Å². The first kappa shape index (κ1) is 30.5. The minimum atomic E-state index is -6.62. The number of nitrogens with two attached hydrogens (primary N) is 2. The third-order valence-electron chi connectivity index (χ3n) is 5.74. The average molecular weight is 532 g/mol. The van der Waals surface area contributed by atoms with Gasteiger partial charge in [0.15, 0.2) is 0 Å². The van der Waals surface area contributed by atoms with E-state index in [1.54, 1.807) is 0 Å². The van der Waals surface area contributed by atoms with E-state index in [0.29, 0.717) is 0 Å². The summed E-state index contributed by atoms with van der Waals surface area (Å²) < 4.78 is 164. The number of carbonyl (C=O) groups is 1. The molecule has 1 aliphatic carbocycles. The SMILES string of the molecule is CC(N)(CN)C(=O)OC1CC(C(O)(C(F)(F)F)C(F)(F)F)CC(C(O)(C(F)(F)F)C(F)(F)F)C1. The lowest BCUT2D eigenvalue weighted by Crippen LogP contribution is -2.67. The Kier molecular flexibility index (Phi) is 7.94. The van der Waals surface area contributed by atoms with Gasteiger partial charge in [0.1, 0.15) is 11.6 Å². The van der Waals surface area contributed by atoms with Crippen molar-refractivity contribution >= 4 is 5.97 Å². The van der Waals surface area contributed by atoms with Gasteiger partial charge in [-0.05, 0) is 26.2 Å². The maximum absolute atomic E-state index is 13.3. The highest BCUT2D eigenvalue weighted by atomic mass is 19.4. The lowest BCUT2D eigenvalue weighted by molar-refractivity contribution is -0.405. The third kappa shape index (κ3) is 5.18. The highest BCUT2D eigenvalue weighted by molar-refractivity contribution is 5.80. The van der Waals surface area contributed by atoms with E-state index in [9.17, 15) is 67.7 Å². The number of aliphatic hydroxyl groups is 2. The Balaban J connectivity index is 3.69. The molecule has 0 aliphatic heterocycles. The highest BCUT2D eigenvalue weighted by Gasteiger charge is 2.78. The lowest BCUT2D eigenvalue weighted by atomic mass is 9.65. The molecule has 1 rings (SSSR count). The summed E-state index contributed by atoms with van der Waals surface area (Å²) in [6.07, 6.45) is -34.5. The van der Waals surface area contributed by atoms with Crippen molar-refractivity contribution in [3.63, 3.8) is 0 Å². The zero-order valence-corrected chi connectivity index (χ0v) is 17.0. The lowest BCUT2D eigenvalue weighted by Gasteiger charge is -2.48. The molecule has 0 amide bonds. The first-order valence-electron chi connectivity index (χ1n) is 9.19. The molecule has 0 aromatic heterocycles. The van der Waals surface area contributed by atoms with Crippen LogP contribution in [0.25, 0.3) is 0 Å². The van der Waals surface area contributed by atoms with Crippen LogP contribution in [0.1, 0.15) is 26.2 Å². The number of hydrogen-bond donors (Lipinski definition) is 4. The standard InChI is InChI=1S/C16H20F12N2O4/c1-10(30,5-29)9(31)34-8-3-6(11(32,13(17,18)19)14(20,21)22)2-7(4-8)12(33,15(23,24)25)16(26,27)28/h6-8,32-33H,2-5,29-30H2,1H3.